The maximum atomic E-state index is 10.9. The molecule has 0 saturated heterocycles. The van der Waals surface area contributed by atoms with Gasteiger partial charge in [-0.15, -0.1) is 15.0 Å². The molecule has 0 unspecified atom stereocenters. The van der Waals surface area contributed by atoms with Crippen molar-refractivity contribution in [2.75, 3.05) is 0 Å². The summed E-state index contributed by atoms with van der Waals surface area (Å²) in [5, 5.41) is 20.0. The van der Waals surface area contributed by atoms with E-state index in [0.29, 0.717) is 12.2 Å². The molecule has 0 saturated carbocycles. The fourth-order valence-corrected chi connectivity index (χ4v) is 4.50. The molecule has 0 amide bonds. The summed E-state index contributed by atoms with van der Waals surface area (Å²) in [5.74, 6) is 0.270. The van der Waals surface area contributed by atoms with Gasteiger partial charge in [-0.05, 0) is 42.2 Å². The fraction of sp³-hybridized carbons (Fsp3) is 0.571. The minimum Gasteiger partial charge on any atom is -0.505 e. The molecule has 0 spiro atoms. The van der Waals surface area contributed by atoms with Gasteiger partial charge in [0, 0.05) is 6.54 Å². The van der Waals surface area contributed by atoms with Gasteiger partial charge < -0.3 is 10.8 Å². The number of nitrogens with zero attached hydrogens (tertiary/aromatic N) is 3. The van der Waals surface area contributed by atoms with Gasteiger partial charge in [0.15, 0.2) is 0 Å². The van der Waals surface area contributed by atoms with E-state index in [4.69, 9.17) is 5.73 Å². The molecule has 0 fully saturated rings. The lowest BCUT2D eigenvalue weighted by Gasteiger charge is -2.12. The Morgan fingerprint density at radius 1 is 0.758 bits per heavy atom. The number of benzene rings is 2. The van der Waals surface area contributed by atoms with E-state index < -0.39 is 0 Å². The number of unbranched alkanes of at least 4 members (excludes halogenated alkanes) is 12. The van der Waals surface area contributed by atoms with Crippen molar-refractivity contribution in [3.05, 3.63) is 47.5 Å². The number of fused-ring (bicyclic) bond motifs is 1. The molecule has 0 radical (unpaired) electrons. The first-order valence-corrected chi connectivity index (χ1v) is 13.1. The van der Waals surface area contributed by atoms with Crippen molar-refractivity contribution in [2.45, 2.75) is 103 Å². The van der Waals surface area contributed by atoms with E-state index in [0.717, 1.165) is 35.0 Å². The lowest BCUT2D eigenvalue weighted by atomic mass is 10.0. The van der Waals surface area contributed by atoms with Crippen LogP contribution in [0.4, 0.5) is 0 Å². The summed E-state index contributed by atoms with van der Waals surface area (Å²) in [6, 6.07) is 11.7. The molecule has 1 aromatic heterocycles. The average molecular weight is 451 g/mol. The quantitative estimate of drug-likeness (QED) is 0.226. The molecule has 33 heavy (non-hydrogen) atoms. The molecule has 0 aliphatic heterocycles. The predicted octanol–water partition coefficient (Wildman–Crippen LogP) is 7.22. The van der Waals surface area contributed by atoms with Crippen molar-refractivity contribution in [2.24, 2.45) is 5.73 Å². The highest BCUT2D eigenvalue weighted by Gasteiger charge is 2.14. The number of hydrogen-bond donors (Lipinski definition) is 2. The third-order valence-corrected chi connectivity index (χ3v) is 6.52. The summed E-state index contributed by atoms with van der Waals surface area (Å²) in [6.07, 6.45) is 18.2. The second-order valence-electron chi connectivity index (χ2n) is 9.30. The Hall–Kier alpha value is -2.40. The molecule has 0 bridgehead atoms. The Kier molecular flexibility index (Phi) is 10.7. The largest absolute Gasteiger partial charge is 0.505 e. The highest BCUT2D eigenvalue weighted by molar-refractivity contribution is 5.73. The van der Waals surface area contributed by atoms with Gasteiger partial charge in [-0.2, -0.15) is 0 Å². The van der Waals surface area contributed by atoms with Crippen LogP contribution in [0.5, 0.6) is 5.75 Å². The van der Waals surface area contributed by atoms with E-state index in [-0.39, 0.29) is 5.75 Å². The van der Waals surface area contributed by atoms with Gasteiger partial charge in [0.2, 0.25) is 0 Å². The van der Waals surface area contributed by atoms with Crippen molar-refractivity contribution in [3.63, 3.8) is 0 Å². The van der Waals surface area contributed by atoms with Gasteiger partial charge in [0.25, 0.3) is 0 Å². The molecular formula is C28H42N4O. The average Bonchev–Trinajstić information content (AvgIpc) is 3.27. The third-order valence-electron chi connectivity index (χ3n) is 6.52. The van der Waals surface area contributed by atoms with Crippen molar-refractivity contribution in [3.8, 4) is 11.4 Å². The van der Waals surface area contributed by atoms with Crippen molar-refractivity contribution in [1.29, 1.82) is 0 Å². The summed E-state index contributed by atoms with van der Waals surface area (Å²) in [4.78, 5) is 1.53. The Bertz CT molecular complexity index is 933. The van der Waals surface area contributed by atoms with Crippen LogP contribution in [-0.2, 0) is 13.0 Å². The maximum absolute atomic E-state index is 10.9. The highest BCUT2D eigenvalue weighted by atomic mass is 16.3. The van der Waals surface area contributed by atoms with Crippen LogP contribution in [0.3, 0.4) is 0 Å². The van der Waals surface area contributed by atoms with Gasteiger partial charge in [-0.1, -0.05) is 102 Å². The summed E-state index contributed by atoms with van der Waals surface area (Å²) in [5.41, 5.74) is 10.1. The van der Waals surface area contributed by atoms with Crippen LogP contribution >= 0.6 is 0 Å². The molecule has 3 rings (SSSR count). The third kappa shape index (κ3) is 7.85. The van der Waals surface area contributed by atoms with E-state index in [1.54, 1.807) is 0 Å². The minimum atomic E-state index is 0.270. The molecular weight excluding hydrogens is 408 g/mol. The van der Waals surface area contributed by atoms with Crippen LogP contribution in [0.25, 0.3) is 16.7 Å². The number of nitrogens with two attached hydrogens (primary N) is 1. The molecule has 1 heterocycles. The second kappa shape index (κ2) is 14.0. The monoisotopic (exact) mass is 450 g/mol. The SMILES string of the molecule is CCCCCCCCCCCCCCCc1cc(CN)cc(-n2nc3ccccc3n2)c1O. The minimum absolute atomic E-state index is 0.270. The summed E-state index contributed by atoms with van der Waals surface area (Å²) in [7, 11) is 0. The number of phenols is 1. The fourth-order valence-electron chi connectivity index (χ4n) is 4.50. The molecule has 3 aromatic rings. The number of rotatable bonds is 16. The van der Waals surface area contributed by atoms with Crippen LogP contribution < -0.4 is 5.73 Å². The highest BCUT2D eigenvalue weighted by Crippen LogP contribution is 2.29. The number of phenolic OH excluding ortho intramolecular Hbond substituents is 1. The normalized spacial score (nSPS) is 11.5. The zero-order chi connectivity index (χ0) is 23.3. The van der Waals surface area contributed by atoms with Gasteiger partial charge >= 0.3 is 0 Å². The van der Waals surface area contributed by atoms with E-state index in [2.05, 4.69) is 17.1 Å². The van der Waals surface area contributed by atoms with Crippen LogP contribution in [0.1, 0.15) is 102 Å². The van der Waals surface area contributed by atoms with Crippen molar-refractivity contribution < 1.29 is 5.11 Å². The number of hydrogen-bond acceptors (Lipinski definition) is 4. The topological polar surface area (TPSA) is 77.0 Å². The molecule has 5 nitrogen and oxygen atoms in total. The molecule has 5 heteroatoms. The van der Waals surface area contributed by atoms with Crippen LogP contribution in [0.2, 0.25) is 0 Å². The van der Waals surface area contributed by atoms with Gasteiger partial charge in [0.1, 0.15) is 22.5 Å². The standard InChI is InChI=1S/C28H42N4O/c1-2-3-4-5-6-7-8-9-10-11-12-13-14-17-24-20-23(22-29)21-27(28(24)33)32-30-25-18-15-16-19-26(25)31-32/h15-16,18-21,33H,2-14,17,22,29H2,1H3. The van der Waals surface area contributed by atoms with Gasteiger partial charge in [-0.3, -0.25) is 0 Å². The van der Waals surface area contributed by atoms with E-state index in [1.807, 2.05) is 36.4 Å². The molecule has 0 atom stereocenters. The smallest absolute Gasteiger partial charge is 0.146 e. The van der Waals surface area contributed by atoms with E-state index >= 15 is 0 Å². The molecule has 0 aliphatic carbocycles. The number of aryl methyl sites for hydroxylation is 1. The van der Waals surface area contributed by atoms with Crippen molar-refractivity contribution >= 4 is 11.0 Å². The van der Waals surface area contributed by atoms with Crippen LogP contribution in [-0.4, -0.2) is 20.1 Å². The first-order valence-electron chi connectivity index (χ1n) is 13.1. The zero-order valence-electron chi connectivity index (χ0n) is 20.4. The first kappa shape index (κ1) is 25.2. The zero-order valence-corrected chi connectivity index (χ0v) is 20.4. The molecule has 3 N–H and O–H groups in total. The molecule has 2 aromatic carbocycles. The maximum Gasteiger partial charge on any atom is 0.146 e. The lowest BCUT2D eigenvalue weighted by molar-refractivity contribution is 0.458. The Morgan fingerprint density at radius 3 is 1.79 bits per heavy atom. The first-order chi connectivity index (χ1) is 16.2. The van der Waals surface area contributed by atoms with Crippen LogP contribution in [0, 0.1) is 0 Å². The van der Waals surface area contributed by atoms with Crippen LogP contribution in [0.15, 0.2) is 36.4 Å². The Balaban J connectivity index is 1.41. The Morgan fingerprint density at radius 2 is 1.27 bits per heavy atom. The Labute approximate surface area is 199 Å². The summed E-state index contributed by atoms with van der Waals surface area (Å²) in [6.45, 7) is 2.71. The van der Waals surface area contributed by atoms with E-state index in [1.165, 1.54) is 81.8 Å². The molecule has 180 valence electrons. The van der Waals surface area contributed by atoms with Gasteiger partial charge in [-0.25, -0.2) is 0 Å². The lowest BCUT2D eigenvalue weighted by Crippen LogP contribution is -2.05. The van der Waals surface area contributed by atoms with Gasteiger partial charge in [0.05, 0.1) is 0 Å². The van der Waals surface area contributed by atoms with Crippen molar-refractivity contribution in [1.82, 2.24) is 15.0 Å². The second-order valence-corrected chi connectivity index (χ2v) is 9.30. The summed E-state index contributed by atoms with van der Waals surface area (Å²) < 4.78 is 0. The number of aromatic nitrogens is 3. The summed E-state index contributed by atoms with van der Waals surface area (Å²) >= 11 is 0. The molecule has 0 aliphatic rings. The van der Waals surface area contributed by atoms with E-state index in [9.17, 15) is 5.11 Å². The number of aromatic hydroxyl groups is 1. The predicted molar refractivity (Wildman–Crippen MR) is 138 cm³/mol.